The lowest BCUT2D eigenvalue weighted by Crippen LogP contribution is -2.66. The van der Waals surface area contributed by atoms with E-state index in [1.54, 1.807) is 0 Å². The van der Waals surface area contributed by atoms with Gasteiger partial charge in [-0.05, 0) is 37.0 Å². The van der Waals surface area contributed by atoms with E-state index in [1.807, 2.05) is 27.7 Å². The van der Waals surface area contributed by atoms with Crippen molar-refractivity contribution in [3.05, 3.63) is 0 Å². The van der Waals surface area contributed by atoms with Gasteiger partial charge in [-0.25, -0.2) is 0 Å². The molecule has 2 radical (unpaired) electrons. The first-order chi connectivity index (χ1) is 7.71. The van der Waals surface area contributed by atoms with E-state index in [9.17, 15) is 4.79 Å². The molecule has 2 nitrogen and oxygen atoms in total. The lowest BCUT2D eigenvalue weighted by Gasteiger charge is -2.48. The van der Waals surface area contributed by atoms with Gasteiger partial charge in [-0.1, -0.05) is 40.4 Å². The molecule has 18 heavy (non-hydrogen) atoms. The van der Waals surface area contributed by atoms with Gasteiger partial charge in [-0.15, -0.1) is 0 Å². The predicted molar refractivity (Wildman–Crippen MR) is 86.4 cm³/mol. The Morgan fingerprint density at radius 2 is 1.50 bits per heavy atom. The Bertz CT molecular complexity index is 324. The fourth-order valence-electron chi connectivity index (χ4n) is 1.43. The molecule has 0 amide bonds. The maximum atomic E-state index is 11.9. The van der Waals surface area contributed by atoms with Crippen molar-refractivity contribution in [2.24, 2.45) is 5.41 Å². The molecule has 0 bridgehead atoms. The molecule has 106 valence electrons. The van der Waals surface area contributed by atoms with Crippen LogP contribution in [0.5, 0.6) is 0 Å². The SMILES string of the molecule is C[Si][Si](C)(C)[Si](C)(C)OC(C)(C(=O)Cl)C(C)(C)C. The van der Waals surface area contributed by atoms with E-state index in [1.165, 1.54) is 0 Å². The first-order valence-corrected chi connectivity index (χ1v) is 16.1. The fraction of sp³-hybridized carbons (Fsp3) is 0.917. The number of halogens is 1. The van der Waals surface area contributed by atoms with Crippen LogP contribution in [0.4, 0.5) is 0 Å². The van der Waals surface area contributed by atoms with Gasteiger partial charge in [0.1, 0.15) is 5.60 Å². The number of rotatable bonds is 5. The minimum absolute atomic E-state index is 0.294. The van der Waals surface area contributed by atoms with Crippen molar-refractivity contribution < 1.29 is 9.22 Å². The molecule has 0 aliphatic carbocycles. The molecule has 1 atom stereocenters. The first-order valence-electron chi connectivity index (χ1n) is 6.30. The quantitative estimate of drug-likeness (QED) is 0.568. The van der Waals surface area contributed by atoms with E-state index in [-0.39, 0.29) is 10.7 Å². The molecule has 0 heterocycles. The zero-order chi connectivity index (χ0) is 15.0. The van der Waals surface area contributed by atoms with Gasteiger partial charge >= 0.3 is 0 Å². The molecule has 6 heteroatoms. The van der Waals surface area contributed by atoms with Gasteiger partial charge in [0, 0.05) is 9.04 Å². The molecule has 0 aromatic carbocycles. The van der Waals surface area contributed by atoms with Crippen LogP contribution in [0.1, 0.15) is 27.7 Å². The molecule has 0 fully saturated rings. The van der Waals surface area contributed by atoms with Gasteiger partial charge in [-0.2, -0.15) is 0 Å². The van der Waals surface area contributed by atoms with Crippen molar-refractivity contribution >= 4 is 40.8 Å². The molecule has 0 saturated heterocycles. The van der Waals surface area contributed by atoms with Gasteiger partial charge in [0.15, 0.2) is 7.83 Å². The summed E-state index contributed by atoms with van der Waals surface area (Å²) in [6.45, 7) is 19.3. The number of carbonyl (C=O) groups excluding carboxylic acids is 1. The zero-order valence-electron chi connectivity index (χ0n) is 13.2. The number of carbonyl (C=O) groups is 1. The van der Waals surface area contributed by atoms with E-state index in [4.69, 9.17) is 16.0 Å². The zero-order valence-corrected chi connectivity index (χ0v) is 17.0. The Morgan fingerprint density at radius 1 is 1.11 bits per heavy atom. The summed E-state index contributed by atoms with van der Waals surface area (Å²) in [6, 6.07) is 0. The van der Waals surface area contributed by atoms with Crippen molar-refractivity contribution in [3.63, 3.8) is 0 Å². The molecular formula is C12H27ClO2Si3. The van der Waals surface area contributed by atoms with Gasteiger partial charge in [0.05, 0.1) is 7.11 Å². The summed E-state index contributed by atoms with van der Waals surface area (Å²) >= 11 is 5.84. The first kappa shape index (κ1) is 18.6. The third kappa shape index (κ3) is 3.56. The van der Waals surface area contributed by atoms with Crippen LogP contribution in [-0.4, -0.2) is 34.8 Å². The fourth-order valence-corrected chi connectivity index (χ4v) is 13.2. The van der Waals surface area contributed by atoms with Gasteiger partial charge in [0.25, 0.3) is 5.24 Å². The summed E-state index contributed by atoms with van der Waals surface area (Å²) in [7, 11) is -2.38. The minimum atomic E-state index is -1.89. The highest BCUT2D eigenvalue weighted by molar-refractivity contribution is 7.58. The second-order valence-electron chi connectivity index (χ2n) is 7.04. The molecule has 0 rings (SSSR count). The standard InChI is InChI=1S/C12H27ClO2Si3/c1-11(2,3)12(4,10(13)14)15-17(6,7)18(8,9)16-5/h1-9H3. The third-order valence-electron chi connectivity index (χ3n) is 4.40. The summed E-state index contributed by atoms with van der Waals surface area (Å²) in [5, 5.41) is -0.375. The molecule has 0 aromatic heterocycles. The topological polar surface area (TPSA) is 26.3 Å². The molecule has 0 aliphatic heterocycles. The monoisotopic (exact) mass is 322 g/mol. The molecule has 0 aliphatic rings. The largest absolute Gasteiger partial charge is 0.406 e. The summed E-state index contributed by atoms with van der Waals surface area (Å²) < 4.78 is 6.43. The summed E-state index contributed by atoms with van der Waals surface area (Å²) in [4.78, 5) is 11.9. The van der Waals surface area contributed by atoms with Crippen LogP contribution in [0.15, 0.2) is 0 Å². The van der Waals surface area contributed by atoms with Crippen molar-refractivity contribution in [2.75, 3.05) is 0 Å². The van der Waals surface area contributed by atoms with Crippen molar-refractivity contribution in [3.8, 4) is 0 Å². The second-order valence-corrected chi connectivity index (χ2v) is 28.5. The lowest BCUT2D eigenvalue weighted by atomic mass is 9.79. The van der Waals surface area contributed by atoms with Crippen molar-refractivity contribution in [1.82, 2.24) is 0 Å². The summed E-state index contributed by atoms with van der Waals surface area (Å²) in [5.41, 5.74) is -1.19. The Hall–Kier alpha value is 0.571. The maximum absolute atomic E-state index is 11.9. The van der Waals surface area contributed by atoms with E-state index < -0.39 is 20.5 Å². The van der Waals surface area contributed by atoms with Gasteiger partial charge in [-0.3, -0.25) is 4.79 Å². The van der Waals surface area contributed by atoms with Gasteiger partial charge in [0.2, 0.25) is 0 Å². The van der Waals surface area contributed by atoms with Crippen molar-refractivity contribution in [2.45, 2.75) is 66.0 Å². The van der Waals surface area contributed by atoms with Crippen LogP contribution >= 0.6 is 11.6 Å². The molecule has 0 N–H and O–H groups in total. The number of hydrogen-bond acceptors (Lipinski definition) is 2. The van der Waals surface area contributed by atoms with E-state index in [0.717, 1.165) is 9.04 Å². The second kappa shape index (κ2) is 5.52. The highest BCUT2D eigenvalue weighted by atomic mass is 35.5. The predicted octanol–water partition coefficient (Wildman–Crippen LogP) is 3.81. The van der Waals surface area contributed by atoms with Crippen LogP contribution in [0.3, 0.4) is 0 Å². The Kier molecular flexibility index (Phi) is 5.69. The highest BCUT2D eigenvalue weighted by Crippen LogP contribution is 2.39. The smallest absolute Gasteiger partial charge is 0.252 e. The van der Waals surface area contributed by atoms with Crippen LogP contribution in [0.2, 0.25) is 32.7 Å². The lowest BCUT2D eigenvalue weighted by molar-refractivity contribution is -0.134. The molecule has 0 aromatic rings. The average Bonchev–Trinajstić information content (AvgIpc) is 2.14. The average molecular weight is 323 g/mol. The van der Waals surface area contributed by atoms with E-state index >= 15 is 0 Å². The van der Waals surface area contributed by atoms with Crippen LogP contribution in [-0.2, 0) is 9.22 Å². The number of hydrogen-bond donors (Lipinski definition) is 0. The normalized spacial score (nSPS) is 17.4. The van der Waals surface area contributed by atoms with E-state index in [0.29, 0.717) is 0 Å². The minimum Gasteiger partial charge on any atom is -0.406 e. The Balaban J connectivity index is 5.46. The van der Waals surface area contributed by atoms with Crippen molar-refractivity contribution in [1.29, 1.82) is 0 Å². The van der Waals surface area contributed by atoms with E-state index in [2.05, 4.69) is 32.7 Å². The molecule has 1 unspecified atom stereocenters. The maximum Gasteiger partial charge on any atom is 0.252 e. The van der Waals surface area contributed by atoms with Crippen LogP contribution in [0.25, 0.3) is 0 Å². The molecule has 0 saturated carbocycles. The van der Waals surface area contributed by atoms with Crippen LogP contribution < -0.4 is 0 Å². The van der Waals surface area contributed by atoms with Gasteiger partial charge < -0.3 is 4.43 Å². The third-order valence-corrected chi connectivity index (χ3v) is 30.7. The Labute approximate surface area is 121 Å². The van der Waals surface area contributed by atoms with Crippen LogP contribution in [0, 0.1) is 5.41 Å². The summed E-state index contributed by atoms with van der Waals surface area (Å²) in [6.07, 6.45) is 0. The summed E-state index contributed by atoms with van der Waals surface area (Å²) in [5.74, 6) is 0. The molecular weight excluding hydrogens is 296 g/mol. The Morgan fingerprint density at radius 3 is 1.72 bits per heavy atom. The molecule has 0 spiro atoms. The highest BCUT2D eigenvalue weighted by Gasteiger charge is 2.52.